The highest BCUT2D eigenvalue weighted by Crippen LogP contribution is 2.08. The molecule has 0 aromatic heterocycles. The second kappa shape index (κ2) is 5.21. The average molecular weight is 174 g/mol. The van der Waals surface area contributed by atoms with E-state index in [0.717, 1.165) is 0 Å². The lowest BCUT2D eigenvalue weighted by molar-refractivity contribution is -0.742. The molecule has 0 aromatic carbocycles. The molecule has 10 heavy (non-hydrogen) atoms. The smallest absolute Gasteiger partial charge is 0.291 e. The van der Waals surface area contributed by atoms with Gasteiger partial charge in [0, 0.05) is 6.42 Å². The largest absolute Gasteiger partial charge is 0.353 e. The molecular formula is C3H8ClNO5. The van der Waals surface area contributed by atoms with Crippen molar-refractivity contribution in [3.8, 4) is 0 Å². The number of nitrogens with zero attached hydrogens (tertiary/aromatic N) is 1. The molecule has 0 unspecified atom stereocenters. The van der Waals surface area contributed by atoms with Crippen LogP contribution in [-0.4, -0.2) is 25.8 Å². The minimum absolute atomic E-state index is 0.147. The summed E-state index contributed by atoms with van der Waals surface area (Å²) < 4.78 is 0. The van der Waals surface area contributed by atoms with Crippen molar-refractivity contribution in [2.45, 2.75) is 18.6 Å². The molecule has 62 valence electrons. The van der Waals surface area contributed by atoms with E-state index in [2.05, 4.69) is 0 Å². The fraction of sp³-hybridized carbons (Fsp3) is 1.00. The number of hydrogen-bond acceptors (Lipinski definition) is 4. The lowest BCUT2D eigenvalue weighted by atomic mass is 10.5. The monoisotopic (exact) mass is 173 g/mol. The maximum absolute atomic E-state index is 8.36. The van der Waals surface area contributed by atoms with Crippen LogP contribution in [0.1, 0.15) is 13.3 Å². The Morgan fingerprint density at radius 3 is 1.80 bits per heavy atom. The highest BCUT2D eigenvalue weighted by Gasteiger charge is 2.12. The van der Waals surface area contributed by atoms with Gasteiger partial charge in [0.15, 0.2) is 0 Å². The van der Waals surface area contributed by atoms with Crippen molar-refractivity contribution >= 4 is 11.6 Å². The van der Waals surface area contributed by atoms with Crippen LogP contribution in [0.5, 0.6) is 0 Å². The minimum atomic E-state index is -1.99. The molecule has 0 bridgehead atoms. The Hall–Kier alpha value is -0.590. The Labute approximate surface area is 61.8 Å². The maximum Gasteiger partial charge on any atom is 0.291 e. The van der Waals surface area contributed by atoms with Crippen LogP contribution in [0.2, 0.25) is 0 Å². The van der Waals surface area contributed by atoms with Crippen molar-refractivity contribution in [2.24, 2.45) is 0 Å². The van der Waals surface area contributed by atoms with Gasteiger partial charge >= 0.3 is 0 Å². The van der Waals surface area contributed by atoms with Gasteiger partial charge in [-0.25, -0.2) is 0 Å². The third-order valence-electron chi connectivity index (χ3n) is 0.450. The number of hydrogen-bond donors (Lipinski definition) is 3. The molecule has 0 aliphatic carbocycles. The summed E-state index contributed by atoms with van der Waals surface area (Å²) in [6.07, 6.45) is 0.147. The average Bonchev–Trinajstić information content (AvgIpc) is 1.63. The molecule has 0 rings (SSSR count). The van der Waals surface area contributed by atoms with Crippen LogP contribution in [-0.2, 0) is 0 Å². The molecule has 6 nitrogen and oxygen atoms in total. The van der Waals surface area contributed by atoms with Gasteiger partial charge in [-0.05, 0) is 0 Å². The van der Waals surface area contributed by atoms with Crippen LogP contribution < -0.4 is 0 Å². The second-order valence-corrected chi connectivity index (χ2v) is 1.92. The molecular weight excluding hydrogens is 165 g/mol. The molecule has 0 saturated carbocycles. The Bertz CT molecular complexity index is 95.6. The van der Waals surface area contributed by atoms with Crippen LogP contribution in [0.4, 0.5) is 0 Å². The SMILES string of the molecule is CCC(O)(O)Cl.O=[N+]([O-])O. The topological polar surface area (TPSA) is 104 Å². The van der Waals surface area contributed by atoms with Gasteiger partial charge in [0.05, 0.1) is 0 Å². The number of aliphatic hydroxyl groups is 2. The Kier molecular flexibility index (Phi) is 6.32. The van der Waals surface area contributed by atoms with E-state index in [1.807, 2.05) is 0 Å². The van der Waals surface area contributed by atoms with Crippen LogP contribution in [0, 0.1) is 10.1 Å². The van der Waals surface area contributed by atoms with Gasteiger partial charge in [0.25, 0.3) is 5.09 Å². The third kappa shape index (κ3) is 52.4. The summed E-state index contributed by atoms with van der Waals surface area (Å²) in [5, 5.41) is 27.9. The lowest BCUT2D eigenvalue weighted by Gasteiger charge is -2.06. The molecule has 3 N–H and O–H groups in total. The van der Waals surface area contributed by atoms with Crippen molar-refractivity contribution < 1.29 is 20.5 Å². The second-order valence-electron chi connectivity index (χ2n) is 1.31. The summed E-state index contributed by atoms with van der Waals surface area (Å²) in [7, 11) is 0. The van der Waals surface area contributed by atoms with Crippen molar-refractivity contribution in [2.75, 3.05) is 0 Å². The Morgan fingerprint density at radius 1 is 1.70 bits per heavy atom. The van der Waals surface area contributed by atoms with Gasteiger partial charge in [0.1, 0.15) is 0 Å². The van der Waals surface area contributed by atoms with E-state index in [0.29, 0.717) is 0 Å². The number of halogens is 1. The summed E-state index contributed by atoms with van der Waals surface area (Å²) in [4.78, 5) is 8.36. The summed E-state index contributed by atoms with van der Waals surface area (Å²) in [6, 6.07) is 0. The van der Waals surface area contributed by atoms with E-state index in [1.54, 1.807) is 6.92 Å². The first-order valence-corrected chi connectivity index (χ1v) is 2.64. The van der Waals surface area contributed by atoms with Crippen molar-refractivity contribution in [1.29, 1.82) is 0 Å². The molecule has 0 aliphatic heterocycles. The maximum atomic E-state index is 8.36. The van der Waals surface area contributed by atoms with Gasteiger partial charge in [0.2, 0.25) is 5.25 Å². The van der Waals surface area contributed by atoms with Gasteiger partial charge in [-0.3, -0.25) is 0 Å². The van der Waals surface area contributed by atoms with Crippen molar-refractivity contribution in [1.82, 2.24) is 0 Å². The molecule has 7 heteroatoms. The third-order valence-corrected chi connectivity index (χ3v) is 0.717. The van der Waals surface area contributed by atoms with Gasteiger partial charge in [-0.2, -0.15) is 0 Å². The zero-order chi connectivity index (χ0) is 8.78. The summed E-state index contributed by atoms with van der Waals surface area (Å²) in [6.45, 7) is 1.58. The highest BCUT2D eigenvalue weighted by atomic mass is 35.5. The van der Waals surface area contributed by atoms with Crippen molar-refractivity contribution in [3.05, 3.63) is 10.1 Å². The molecule has 0 aliphatic rings. The van der Waals surface area contributed by atoms with E-state index in [1.165, 1.54) is 0 Å². The van der Waals surface area contributed by atoms with E-state index in [-0.39, 0.29) is 6.42 Å². The summed E-state index contributed by atoms with van der Waals surface area (Å²) in [5.74, 6) is 0. The lowest BCUT2D eigenvalue weighted by Crippen LogP contribution is -2.16. The number of alkyl halides is 1. The van der Waals surface area contributed by atoms with Crippen LogP contribution in [0.15, 0.2) is 0 Å². The highest BCUT2D eigenvalue weighted by molar-refractivity contribution is 6.21. The zero-order valence-electron chi connectivity index (χ0n) is 5.19. The Balaban J connectivity index is 0. The summed E-state index contributed by atoms with van der Waals surface area (Å²) in [5.41, 5.74) is 0. The van der Waals surface area contributed by atoms with E-state index >= 15 is 0 Å². The van der Waals surface area contributed by atoms with Crippen LogP contribution in [0.25, 0.3) is 0 Å². The quantitative estimate of drug-likeness (QED) is 0.223. The molecule has 0 fully saturated rings. The molecule has 0 amide bonds. The standard InChI is InChI=1S/C3H7ClO2.HNO3/c1-2-3(4,5)6;2-1(3)4/h5-6H,2H2,1H3;(H,2,3,4). The zero-order valence-corrected chi connectivity index (χ0v) is 5.95. The molecule has 0 saturated heterocycles. The summed E-state index contributed by atoms with van der Waals surface area (Å²) >= 11 is 4.83. The van der Waals surface area contributed by atoms with E-state index in [4.69, 9.17) is 37.1 Å². The molecule has 0 heterocycles. The molecule has 0 radical (unpaired) electrons. The fourth-order valence-corrected chi connectivity index (χ4v) is 0. The molecule has 0 atom stereocenters. The predicted octanol–water partition coefficient (Wildman–Crippen LogP) is -0.0741. The normalized spacial score (nSPS) is 9.60. The molecule has 0 aromatic rings. The fourth-order valence-electron chi connectivity index (χ4n) is 0. The van der Waals surface area contributed by atoms with Gasteiger partial charge < -0.3 is 15.4 Å². The van der Waals surface area contributed by atoms with Gasteiger partial charge in [-0.15, -0.1) is 10.1 Å². The van der Waals surface area contributed by atoms with E-state index < -0.39 is 10.3 Å². The number of rotatable bonds is 1. The van der Waals surface area contributed by atoms with E-state index in [9.17, 15) is 0 Å². The van der Waals surface area contributed by atoms with Crippen molar-refractivity contribution in [3.63, 3.8) is 0 Å². The minimum Gasteiger partial charge on any atom is -0.353 e. The Morgan fingerprint density at radius 2 is 1.80 bits per heavy atom. The first kappa shape index (κ1) is 12.1. The van der Waals surface area contributed by atoms with Crippen LogP contribution >= 0.6 is 11.6 Å². The first-order valence-electron chi connectivity index (χ1n) is 2.26. The van der Waals surface area contributed by atoms with Gasteiger partial charge in [-0.1, -0.05) is 18.5 Å². The predicted molar refractivity (Wildman–Crippen MR) is 32.1 cm³/mol. The van der Waals surface area contributed by atoms with Crippen LogP contribution in [0.3, 0.4) is 0 Å². The molecule has 0 spiro atoms. The first-order chi connectivity index (χ1) is 4.29.